The summed E-state index contributed by atoms with van der Waals surface area (Å²) in [6, 6.07) is 17.1. The zero-order chi connectivity index (χ0) is 19.1. The van der Waals surface area contributed by atoms with Gasteiger partial charge in [-0.1, -0.05) is 61.0 Å². The average Bonchev–Trinajstić information content (AvgIpc) is 2.91. The molecule has 0 saturated carbocycles. The lowest BCUT2D eigenvalue weighted by atomic mass is 10.0. The predicted octanol–water partition coefficient (Wildman–Crippen LogP) is 3.48. The standard InChI is InChI=1S/C22H23NO4/c24-20(16-27-22(26)15-23-14-6-2-5-9-21(23)25)19-12-10-18(11-13-19)17-7-3-1-4-8-17/h1,3-4,7-8,10-13H,2,5-6,9,14-16H2. The molecule has 1 saturated heterocycles. The molecule has 1 amide bonds. The highest BCUT2D eigenvalue weighted by atomic mass is 16.5. The van der Waals surface area contributed by atoms with E-state index in [-0.39, 0.29) is 24.8 Å². The average molecular weight is 365 g/mol. The summed E-state index contributed by atoms with van der Waals surface area (Å²) >= 11 is 0. The van der Waals surface area contributed by atoms with Crippen LogP contribution in [0, 0.1) is 0 Å². The van der Waals surface area contributed by atoms with Crippen LogP contribution in [0.3, 0.4) is 0 Å². The molecule has 0 N–H and O–H groups in total. The minimum absolute atomic E-state index is 0.0210. The maximum atomic E-state index is 12.3. The summed E-state index contributed by atoms with van der Waals surface area (Å²) in [4.78, 5) is 37.7. The second-order valence-corrected chi connectivity index (χ2v) is 6.65. The van der Waals surface area contributed by atoms with Gasteiger partial charge in [0.15, 0.2) is 12.4 Å². The Balaban J connectivity index is 1.51. The van der Waals surface area contributed by atoms with Gasteiger partial charge in [-0.25, -0.2) is 0 Å². The highest BCUT2D eigenvalue weighted by Gasteiger charge is 2.20. The maximum Gasteiger partial charge on any atom is 0.326 e. The number of nitrogens with zero attached hydrogens (tertiary/aromatic N) is 1. The zero-order valence-corrected chi connectivity index (χ0v) is 15.2. The Morgan fingerprint density at radius 2 is 1.59 bits per heavy atom. The van der Waals surface area contributed by atoms with Gasteiger partial charge in [-0.05, 0) is 24.0 Å². The number of benzene rings is 2. The highest BCUT2D eigenvalue weighted by Crippen LogP contribution is 2.19. The van der Waals surface area contributed by atoms with E-state index in [0.29, 0.717) is 18.5 Å². The number of amides is 1. The molecule has 0 spiro atoms. The summed E-state index contributed by atoms with van der Waals surface area (Å²) in [7, 11) is 0. The number of Topliss-reactive ketones (excluding diaryl/α,β-unsaturated/α-hetero) is 1. The predicted molar refractivity (Wildman–Crippen MR) is 102 cm³/mol. The number of ketones is 1. The first-order valence-electron chi connectivity index (χ1n) is 9.25. The van der Waals surface area contributed by atoms with Crippen LogP contribution < -0.4 is 0 Å². The summed E-state index contributed by atoms with van der Waals surface area (Å²) in [6.45, 7) is 0.174. The molecule has 2 aromatic carbocycles. The van der Waals surface area contributed by atoms with Crippen LogP contribution in [-0.4, -0.2) is 42.3 Å². The molecule has 5 nitrogen and oxygen atoms in total. The minimum Gasteiger partial charge on any atom is -0.456 e. The van der Waals surface area contributed by atoms with Gasteiger partial charge >= 0.3 is 5.97 Å². The first-order valence-corrected chi connectivity index (χ1v) is 9.25. The smallest absolute Gasteiger partial charge is 0.326 e. The third-order valence-corrected chi connectivity index (χ3v) is 4.67. The Bertz CT molecular complexity index is 799. The van der Waals surface area contributed by atoms with Gasteiger partial charge in [-0.2, -0.15) is 0 Å². The van der Waals surface area contributed by atoms with Crippen molar-refractivity contribution >= 4 is 17.7 Å². The van der Waals surface area contributed by atoms with E-state index in [2.05, 4.69) is 0 Å². The largest absolute Gasteiger partial charge is 0.456 e. The topological polar surface area (TPSA) is 63.7 Å². The molecule has 1 aliphatic rings. The molecule has 140 valence electrons. The molecular weight excluding hydrogens is 342 g/mol. The van der Waals surface area contributed by atoms with E-state index in [9.17, 15) is 14.4 Å². The molecular formula is C22H23NO4. The monoisotopic (exact) mass is 365 g/mol. The van der Waals surface area contributed by atoms with Crippen molar-refractivity contribution in [1.29, 1.82) is 0 Å². The lowest BCUT2D eigenvalue weighted by Gasteiger charge is -2.19. The molecule has 2 aromatic rings. The highest BCUT2D eigenvalue weighted by molar-refractivity contribution is 5.98. The molecule has 0 aromatic heterocycles. The summed E-state index contributed by atoms with van der Waals surface area (Å²) in [6.07, 6.45) is 3.22. The van der Waals surface area contributed by atoms with Gasteiger partial charge in [0.2, 0.25) is 5.91 Å². The van der Waals surface area contributed by atoms with Crippen LogP contribution in [0.5, 0.6) is 0 Å². The number of ether oxygens (including phenoxy) is 1. The van der Waals surface area contributed by atoms with Crippen LogP contribution >= 0.6 is 0 Å². The normalized spacial score (nSPS) is 14.5. The molecule has 5 heteroatoms. The van der Waals surface area contributed by atoms with Crippen LogP contribution in [0.4, 0.5) is 0 Å². The van der Waals surface area contributed by atoms with Gasteiger partial charge < -0.3 is 9.64 Å². The van der Waals surface area contributed by atoms with E-state index in [1.165, 1.54) is 4.90 Å². The molecule has 3 rings (SSSR count). The summed E-state index contributed by atoms with van der Waals surface area (Å²) in [5.74, 6) is -0.822. The Hall–Kier alpha value is -2.95. The van der Waals surface area contributed by atoms with Crippen LogP contribution in [0.25, 0.3) is 11.1 Å². The SMILES string of the molecule is O=C(CN1CCCCCC1=O)OCC(=O)c1ccc(-c2ccccc2)cc1. The zero-order valence-electron chi connectivity index (χ0n) is 15.2. The van der Waals surface area contributed by atoms with Crippen LogP contribution in [-0.2, 0) is 14.3 Å². The minimum atomic E-state index is -0.542. The van der Waals surface area contributed by atoms with Crippen molar-refractivity contribution in [2.75, 3.05) is 19.7 Å². The molecule has 0 atom stereocenters. The summed E-state index contributed by atoms with van der Waals surface area (Å²) in [5.41, 5.74) is 2.59. The summed E-state index contributed by atoms with van der Waals surface area (Å²) in [5, 5.41) is 0. The van der Waals surface area contributed by atoms with Crippen molar-refractivity contribution in [1.82, 2.24) is 4.90 Å². The van der Waals surface area contributed by atoms with E-state index >= 15 is 0 Å². The van der Waals surface area contributed by atoms with Gasteiger partial charge in [0.1, 0.15) is 6.54 Å². The molecule has 1 fully saturated rings. The third-order valence-electron chi connectivity index (χ3n) is 4.67. The van der Waals surface area contributed by atoms with Crippen LogP contribution in [0.15, 0.2) is 54.6 Å². The number of hydrogen-bond acceptors (Lipinski definition) is 4. The number of rotatable bonds is 6. The fraction of sp³-hybridized carbons (Fsp3) is 0.318. The molecule has 0 aliphatic carbocycles. The number of esters is 1. The van der Waals surface area contributed by atoms with Gasteiger partial charge in [0.05, 0.1) is 0 Å². The second-order valence-electron chi connectivity index (χ2n) is 6.65. The fourth-order valence-corrected chi connectivity index (χ4v) is 3.12. The lowest BCUT2D eigenvalue weighted by molar-refractivity contribution is -0.148. The quantitative estimate of drug-likeness (QED) is 0.581. The number of carbonyl (C=O) groups is 3. The van der Waals surface area contributed by atoms with Gasteiger partial charge in [0.25, 0.3) is 0 Å². The third kappa shape index (κ3) is 5.26. The molecule has 1 heterocycles. The van der Waals surface area contributed by atoms with Crippen molar-refractivity contribution in [3.63, 3.8) is 0 Å². The molecule has 0 unspecified atom stereocenters. The molecule has 0 radical (unpaired) electrons. The molecule has 0 bridgehead atoms. The van der Waals surface area contributed by atoms with E-state index < -0.39 is 5.97 Å². The second kappa shape index (κ2) is 9.12. The number of hydrogen-bond donors (Lipinski definition) is 0. The molecule has 1 aliphatic heterocycles. The lowest BCUT2D eigenvalue weighted by Crippen LogP contribution is -2.36. The maximum absolute atomic E-state index is 12.3. The molecule has 27 heavy (non-hydrogen) atoms. The van der Waals surface area contributed by atoms with Gasteiger partial charge in [-0.3, -0.25) is 14.4 Å². The fourth-order valence-electron chi connectivity index (χ4n) is 3.12. The van der Waals surface area contributed by atoms with E-state index in [0.717, 1.165) is 30.4 Å². The van der Waals surface area contributed by atoms with E-state index in [4.69, 9.17) is 4.74 Å². The van der Waals surface area contributed by atoms with E-state index in [1.807, 2.05) is 42.5 Å². The Kier molecular flexibility index (Phi) is 6.36. The van der Waals surface area contributed by atoms with Crippen LogP contribution in [0.1, 0.15) is 36.0 Å². The first-order chi connectivity index (χ1) is 13.1. The van der Waals surface area contributed by atoms with E-state index in [1.54, 1.807) is 12.1 Å². The Morgan fingerprint density at radius 1 is 0.889 bits per heavy atom. The van der Waals surface area contributed by atoms with Crippen molar-refractivity contribution < 1.29 is 19.1 Å². The summed E-state index contributed by atoms with van der Waals surface area (Å²) < 4.78 is 5.08. The van der Waals surface area contributed by atoms with Crippen molar-refractivity contribution in [2.45, 2.75) is 25.7 Å². The Morgan fingerprint density at radius 3 is 2.33 bits per heavy atom. The number of likely N-dealkylation sites (tertiary alicyclic amines) is 1. The van der Waals surface area contributed by atoms with Gasteiger partial charge in [-0.15, -0.1) is 0 Å². The van der Waals surface area contributed by atoms with Gasteiger partial charge in [0, 0.05) is 18.5 Å². The van der Waals surface area contributed by atoms with Crippen molar-refractivity contribution in [3.8, 4) is 11.1 Å². The van der Waals surface area contributed by atoms with Crippen molar-refractivity contribution in [2.24, 2.45) is 0 Å². The number of carbonyl (C=O) groups excluding carboxylic acids is 3. The van der Waals surface area contributed by atoms with Crippen molar-refractivity contribution in [3.05, 3.63) is 60.2 Å². The Labute approximate surface area is 158 Å². The van der Waals surface area contributed by atoms with Crippen LogP contribution in [0.2, 0.25) is 0 Å². The first kappa shape index (κ1) is 18.8.